The fourth-order valence-corrected chi connectivity index (χ4v) is 3.94. The van der Waals surface area contributed by atoms with Crippen LogP contribution in [-0.2, 0) is 26.4 Å². The molecule has 140 valence electrons. The third kappa shape index (κ3) is 3.55. The van der Waals surface area contributed by atoms with Crippen molar-refractivity contribution in [2.45, 2.75) is 19.4 Å². The van der Waals surface area contributed by atoms with Gasteiger partial charge in [0.25, 0.3) is 0 Å². The number of benzene rings is 2. The van der Waals surface area contributed by atoms with E-state index in [4.69, 9.17) is 9.84 Å². The normalized spacial score (nSPS) is 14.6. The van der Waals surface area contributed by atoms with Crippen molar-refractivity contribution in [3.8, 4) is 22.8 Å². The minimum Gasteiger partial charge on any atom is -0.504 e. The van der Waals surface area contributed by atoms with Gasteiger partial charge in [-0.25, -0.2) is 0 Å². The Balaban J connectivity index is 1.52. The molecule has 1 N–H and O–H groups in total. The van der Waals surface area contributed by atoms with Gasteiger partial charge in [0, 0.05) is 44.2 Å². The second kappa shape index (κ2) is 7.45. The molecular formula is C22H25N3O2. The first kappa shape index (κ1) is 17.6. The molecule has 5 nitrogen and oxygen atoms in total. The molecule has 0 spiro atoms. The van der Waals surface area contributed by atoms with Gasteiger partial charge in [-0.2, -0.15) is 5.10 Å². The van der Waals surface area contributed by atoms with Crippen molar-refractivity contribution in [3.05, 3.63) is 65.4 Å². The zero-order chi connectivity index (χ0) is 18.8. The van der Waals surface area contributed by atoms with Crippen LogP contribution < -0.4 is 4.74 Å². The molecule has 2 heterocycles. The van der Waals surface area contributed by atoms with Gasteiger partial charge in [-0.1, -0.05) is 36.4 Å². The molecule has 4 rings (SSSR count). The van der Waals surface area contributed by atoms with Gasteiger partial charge in [-0.05, 0) is 24.1 Å². The summed E-state index contributed by atoms with van der Waals surface area (Å²) in [6, 6.07) is 16.1. The number of ether oxygens (including phenoxy) is 1. The molecule has 0 amide bonds. The molecule has 0 saturated heterocycles. The summed E-state index contributed by atoms with van der Waals surface area (Å²) in [5, 5.41) is 14.8. The van der Waals surface area contributed by atoms with E-state index in [0.29, 0.717) is 5.75 Å². The van der Waals surface area contributed by atoms with Gasteiger partial charge in [-0.15, -0.1) is 0 Å². The summed E-state index contributed by atoms with van der Waals surface area (Å²) in [7, 11) is 3.60. The molecule has 0 radical (unpaired) electrons. The lowest BCUT2D eigenvalue weighted by Gasteiger charge is -2.20. The van der Waals surface area contributed by atoms with Crippen LogP contribution in [0.5, 0.6) is 11.5 Å². The van der Waals surface area contributed by atoms with Gasteiger partial charge in [0.1, 0.15) is 0 Å². The highest BCUT2D eigenvalue weighted by Gasteiger charge is 2.22. The average molecular weight is 363 g/mol. The van der Waals surface area contributed by atoms with Gasteiger partial charge in [0.2, 0.25) is 0 Å². The number of nitrogens with zero attached hydrogens (tertiary/aromatic N) is 3. The molecule has 0 fully saturated rings. The molecular weight excluding hydrogens is 338 g/mol. The summed E-state index contributed by atoms with van der Waals surface area (Å²) in [5.41, 5.74) is 6.12. The van der Waals surface area contributed by atoms with Crippen molar-refractivity contribution in [3.63, 3.8) is 0 Å². The summed E-state index contributed by atoms with van der Waals surface area (Å²) in [4.78, 5) is 2.43. The van der Waals surface area contributed by atoms with Crippen molar-refractivity contribution < 1.29 is 9.84 Å². The predicted molar refractivity (Wildman–Crippen MR) is 106 cm³/mol. The van der Waals surface area contributed by atoms with Crippen molar-refractivity contribution in [1.29, 1.82) is 0 Å². The molecule has 27 heavy (non-hydrogen) atoms. The first-order valence-electron chi connectivity index (χ1n) is 9.34. The highest BCUT2D eigenvalue weighted by Crippen LogP contribution is 2.30. The van der Waals surface area contributed by atoms with Crippen LogP contribution in [0.1, 0.15) is 16.8 Å². The van der Waals surface area contributed by atoms with E-state index in [1.807, 2.05) is 29.9 Å². The minimum atomic E-state index is 0.196. The maximum absolute atomic E-state index is 10.0. The summed E-state index contributed by atoms with van der Waals surface area (Å²) in [6.07, 6.45) is 1.92. The van der Waals surface area contributed by atoms with Gasteiger partial charge in [-0.3, -0.25) is 9.58 Å². The molecule has 0 unspecified atom stereocenters. The first-order valence-corrected chi connectivity index (χ1v) is 9.34. The molecule has 0 bridgehead atoms. The van der Waals surface area contributed by atoms with Crippen LogP contribution in [0.4, 0.5) is 0 Å². The number of aryl methyl sites for hydroxylation is 1. The summed E-state index contributed by atoms with van der Waals surface area (Å²) in [5.74, 6) is 0.709. The number of hydrogen-bond acceptors (Lipinski definition) is 4. The SMILES string of the molecule is COc1ccc(CN2CCc3nn(C)c(-c4ccccc4)c3CC2)cc1O. The highest BCUT2D eigenvalue weighted by molar-refractivity contribution is 5.65. The molecule has 2 aromatic carbocycles. The fraction of sp³-hybridized carbons (Fsp3) is 0.318. The fourth-order valence-electron chi connectivity index (χ4n) is 3.94. The topological polar surface area (TPSA) is 50.5 Å². The van der Waals surface area contributed by atoms with Crippen LogP contribution in [0.25, 0.3) is 11.3 Å². The number of fused-ring (bicyclic) bond motifs is 1. The Kier molecular flexibility index (Phi) is 4.86. The monoisotopic (exact) mass is 363 g/mol. The summed E-state index contributed by atoms with van der Waals surface area (Å²) < 4.78 is 7.16. The number of aromatic hydroxyl groups is 1. The molecule has 1 aromatic heterocycles. The van der Waals surface area contributed by atoms with Crippen LogP contribution in [0, 0.1) is 0 Å². The first-order chi connectivity index (χ1) is 13.2. The number of aromatic nitrogens is 2. The number of methoxy groups -OCH3 is 1. The summed E-state index contributed by atoms with van der Waals surface area (Å²) in [6.45, 7) is 2.75. The van der Waals surface area contributed by atoms with E-state index in [1.54, 1.807) is 13.2 Å². The second-order valence-corrected chi connectivity index (χ2v) is 7.05. The third-order valence-electron chi connectivity index (χ3n) is 5.27. The molecule has 1 aliphatic rings. The van der Waals surface area contributed by atoms with Crippen molar-refractivity contribution in [2.75, 3.05) is 20.2 Å². The van der Waals surface area contributed by atoms with E-state index in [2.05, 4.69) is 29.2 Å². The van der Waals surface area contributed by atoms with E-state index in [0.717, 1.165) is 38.0 Å². The lowest BCUT2D eigenvalue weighted by Crippen LogP contribution is -2.26. The van der Waals surface area contributed by atoms with Crippen LogP contribution in [0.3, 0.4) is 0 Å². The third-order valence-corrected chi connectivity index (χ3v) is 5.27. The number of rotatable bonds is 4. The van der Waals surface area contributed by atoms with Crippen LogP contribution in [0.15, 0.2) is 48.5 Å². The number of phenols is 1. The van der Waals surface area contributed by atoms with Gasteiger partial charge >= 0.3 is 0 Å². The van der Waals surface area contributed by atoms with E-state index >= 15 is 0 Å². The van der Waals surface area contributed by atoms with Crippen LogP contribution in [-0.4, -0.2) is 40.0 Å². The average Bonchev–Trinajstić information content (AvgIpc) is 2.87. The van der Waals surface area contributed by atoms with E-state index in [-0.39, 0.29) is 5.75 Å². The van der Waals surface area contributed by atoms with Gasteiger partial charge in [0.15, 0.2) is 11.5 Å². The Morgan fingerprint density at radius 2 is 1.85 bits per heavy atom. The standard InChI is InChI=1S/C22H25N3O2/c1-24-22(17-6-4-3-5-7-17)18-10-12-25(13-11-19(18)23-24)15-16-8-9-21(27-2)20(26)14-16/h3-9,14,26H,10-13,15H2,1-2H3. The van der Waals surface area contributed by atoms with E-state index < -0.39 is 0 Å². The largest absolute Gasteiger partial charge is 0.504 e. The molecule has 5 heteroatoms. The van der Waals surface area contributed by atoms with Crippen LogP contribution in [0.2, 0.25) is 0 Å². The van der Waals surface area contributed by atoms with Gasteiger partial charge < -0.3 is 9.84 Å². The summed E-state index contributed by atoms with van der Waals surface area (Å²) >= 11 is 0. The van der Waals surface area contributed by atoms with Crippen LogP contribution >= 0.6 is 0 Å². The molecule has 3 aromatic rings. The Hall–Kier alpha value is -2.79. The van der Waals surface area contributed by atoms with E-state index in [9.17, 15) is 5.11 Å². The molecule has 1 aliphatic heterocycles. The maximum Gasteiger partial charge on any atom is 0.160 e. The molecule has 0 saturated carbocycles. The highest BCUT2D eigenvalue weighted by atomic mass is 16.5. The minimum absolute atomic E-state index is 0.196. The Morgan fingerprint density at radius 1 is 1.07 bits per heavy atom. The number of hydrogen-bond donors (Lipinski definition) is 1. The lowest BCUT2D eigenvalue weighted by atomic mass is 10.0. The maximum atomic E-state index is 10.0. The smallest absolute Gasteiger partial charge is 0.160 e. The molecule has 0 atom stereocenters. The lowest BCUT2D eigenvalue weighted by molar-refractivity contribution is 0.277. The predicted octanol–water partition coefficient (Wildman–Crippen LogP) is 3.40. The van der Waals surface area contributed by atoms with Crippen molar-refractivity contribution in [2.24, 2.45) is 7.05 Å². The van der Waals surface area contributed by atoms with Crippen molar-refractivity contribution in [1.82, 2.24) is 14.7 Å². The van der Waals surface area contributed by atoms with Crippen molar-refractivity contribution >= 4 is 0 Å². The van der Waals surface area contributed by atoms with Gasteiger partial charge in [0.05, 0.1) is 18.5 Å². The quantitative estimate of drug-likeness (QED) is 0.772. The zero-order valence-electron chi connectivity index (χ0n) is 15.9. The number of phenolic OH excluding ortho intramolecular Hbond substituents is 1. The Morgan fingerprint density at radius 3 is 2.59 bits per heavy atom. The Labute approximate surface area is 159 Å². The molecule has 0 aliphatic carbocycles. The Bertz CT molecular complexity index is 934. The van der Waals surface area contributed by atoms with E-state index in [1.165, 1.54) is 22.5 Å². The second-order valence-electron chi connectivity index (χ2n) is 7.05. The zero-order valence-corrected chi connectivity index (χ0v) is 15.9.